The van der Waals surface area contributed by atoms with Gasteiger partial charge in [0.2, 0.25) is 0 Å². The fourth-order valence-corrected chi connectivity index (χ4v) is 2.27. The van der Waals surface area contributed by atoms with Crippen molar-refractivity contribution < 1.29 is 0 Å². The molecule has 3 heteroatoms. The number of hydrogen-bond donors (Lipinski definition) is 1. The monoisotopic (exact) mass is 282 g/mol. The van der Waals surface area contributed by atoms with Crippen LogP contribution >= 0.6 is 11.6 Å². The van der Waals surface area contributed by atoms with Crippen molar-refractivity contribution >= 4 is 22.5 Å². The summed E-state index contributed by atoms with van der Waals surface area (Å²) in [5.74, 6) is 0. The van der Waals surface area contributed by atoms with Crippen LogP contribution in [0.1, 0.15) is 11.3 Å². The van der Waals surface area contributed by atoms with E-state index in [-0.39, 0.29) is 0 Å². The number of para-hydroxylation sites is 1. The van der Waals surface area contributed by atoms with Gasteiger partial charge in [-0.3, -0.25) is 4.98 Å². The molecule has 2 nitrogen and oxygen atoms in total. The molecule has 0 bridgehead atoms. The molecule has 1 heterocycles. The molecule has 20 heavy (non-hydrogen) atoms. The third-order valence-corrected chi connectivity index (χ3v) is 3.46. The first-order chi connectivity index (χ1) is 9.81. The van der Waals surface area contributed by atoms with Gasteiger partial charge in [0, 0.05) is 23.5 Å². The average molecular weight is 283 g/mol. The SMILES string of the molecule is Clc1ccc(CNCc2ccc3ccccc3n2)cc1. The zero-order valence-electron chi connectivity index (χ0n) is 11.0. The van der Waals surface area contributed by atoms with Crippen LogP contribution in [0.25, 0.3) is 10.9 Å². The molecule has 0 saturated heterocycles. The van der Waals surface area contributed by atoms with Crippen molar-refractivity contribution in [1.82, 2.24) is 10.3 Å². The quantitative estimate of drug-likeness (QED) is 0.776. The van der Waals surface area contributed by atoms with Gasteiger partial charge in [0.15, 0.2) is 0 Å². The number of benzene rings is 2. The van der Waals surface area contributed by atoms with E-state index in [1.165, 1.54) is 10.9 Å². The Hall–Kier alpha value is -1.90. The van der Waals surface area contributed by atoms with E-state index in [1.807, 2.05) is 42.5 Å². The highest BCUT2D eigenvalue weighted by atomic mass is 35.5. The highest BCUT2D eigenvalue weighted by Crippen LogP contribution is 2.12. The molecule has 0 amide bonds. The minimum absolute atomic E-state index is 0.757. The predicted octanol–water partition coefficient (Wildman–Crippen LogP) is 4.18. The van der Waals surface area contributed by atoms with E-state index in [0.717, 1.165) is 29.3 Å². The molecule has 0 radical (unpaired) electrons. The van der Waals surface area contributed by atoms with E-state index in [4.69, 9.17) is 11.6 Å². The standard InChI is InChI=1S/C17H15ClN2/c18-15-8-5-13(6-9-15)11-19-12-16-10-7-14-3-1-2-4-17(14)20-16/h1-10,19H,11-12H2. The van der Waals surface area contributed by atoms with E-state index >= 15 is 0 Å². The molecule has 100 valence electrons. The van der Waals surface area contributed by atoms with Crippen molar-refractivity contribution in [1.29, 1.82) is 0 Å². The summed E-state index contributed by atoms with van der Waals surface area (Å²) < 4.78 is 0. The molecule has 0 aliphatic heterocycles. The lowest BCUT2D eigenvalue weighted by Crippen LogP contribution is -2.13. The van der Waals surface area contributed by atoms with Gasteiger partial charge in [0.25, 0.3) is 0 Å². The lowest BCUT2D eigenvalue weighted by atomic mass is 10.2. The second kappa shape index (κ2) is 6.04. The Morgan fingerprint density at radius 1 is 0.850 bits per heavy atom. The Bertz CT molecular complexity index is 708. The maximum atomic E-state index is 5.87. The van der Waals surface area contributed by atoms with Crippen molar-refractivity contribution in [2.75, 3.05) is 0 Å². The third-order valence-electron chi connectivity index (χ3n) is 3.20. The van der Waals surface area contributed by atoms with Gasteiger partial charge in [-0.25, -0.2) is 0 Å². The molecule has 0 atom stereocenters. The predicted molar refractivity (Wildman–Crippen MR) is 83.7 cm³/mol. The van der Waals surface area contributed by atoms with Gasteiger partial charge in [-0.2, -0.15) is 0 Å². The number of nitrogens with one attached hydrogen (secondary N) is 1. The summed E-state index contributed by atoms with van der Waals surface area (Å²) in [7, 11) is 0. The minimum atomic E-state index is 0.757. The van der Waals surface area contributed by atoms with Crippen LogP contribution < -0.4 is 5.32 Å². The van der Waals surface area contributed by atoms with Crippen molar-refractivity contribution in [3.8, 4) is 0 Å². The molecular formula is C17H15ClN2. The Kier molecular flexibility index (Phi) is 3.95. The van der Waals surface area contributed by atoms with E-state index in [2.05, 4.69) is 28.5 Å². The first-order valence-corrected chi connectivity index (χ1v) is 6.99. The number of rotatable bonds is 4. The largest absolute Gasteiger partial charge is 0.307 e. The Labute approximate surface area is 123 Å². The summed E-state index contributed by atoms with van der Waals surface area (Å²) in [5.41, 5.74) is 3.31. The maximum Gasteiger partial charge on any atom is 0.0705 e. The number of fused-ring (bicyclic) bond motifs is 1. The van der Waals surface area contributed by atoms with Gasteiger partial charge in [-0.15, -0.1) is 0 Å². The normalized spacial score (nSPS) is 10.8. The molecule has 0 saturated carbocycles. The molecule has 2 aromatic carbocycles. The van der Waals surface area contributed by atoms with E-state index in [0.29, 0.717) is 0 Å². The third kappa shape index (κ3) is 3.16. The summed E-state index contributed by atoms with van der Waals surface area (Å²) in [5, 5.41) is 5.34. The van der Waals surface area contributed by atoms with Crippen LogP contribution in [0.2, 0.25) is 5.02 Å². The molecule has 0 spiro atoms. The number of nitrogens with zero attached hydrogens (tertiary/aromatic N) is 1. The Balaban J connectivity index is 1.63. The first kappa shape index (κ1) is 13.1. The second-order valence-corrected chi connectivity index (χ2v) is 5.16. The highest BCUT2D eigenvalue weighted by molar-refractivity contribution is 6.30. The number of halogens is 1. The van der Waals surface area contributed by atoms with Crippen LogP contribution in [0.4, 0.5) is 0 Å². The average Bonchev–Trinajstić information content (AvgIpc) is 2.49. The molecule has 1 N–H and O–H groups in total. The second-order valence-electron chi connectivity index (χ2n) is 4.73. The lowest BCUT2D eigenvalue weighted by molar-refractivity contribution is 0.682. The molecular weight excluding hydrogens is 268 g/mol. The van der Waals surface area contributed by atoms with E-state index < -0.39 is 0 Å². The number of aromatic nitrogens is 1. The first-order valence-electron chi connectivity index (χ1n) is 6.61. The van der Waals surface area contributed by atoms with Gasteiger partial charge in [0.05, 0.1) is 11.2 Å². The van der Waals surface area contributed by atoms with Crippen LogP contribution in [0.5, 0.6) is 0 Å². The summed E-state index contributed by atoms with van der Waals surface area (Å²) >= 11 is 5.87. The number of hydrogen-bond acceptors (Lipinski definition) is 2. The summed E-state index contributed by atoms with van der Waals surface area (Å²) in [6, 6.07) is 20.2. The Morgan fingerprint density at radius 2 is 1.65 bits per heavy atom. The molecule has 3 aromatic rings. The molecule has 3 rings (SSSR count). The topological polar surface area (TPSA) is 24.9 Å². The van der Waals surface area contributed by atoms with Gasteiger partial charge >= 0.3 is 0 Å². The van der Waals surface area contributed by atoms with Crippen molar-refractivity contribution in [2.24, 2.45) is 0 Å². The minimum Gasteiger partial charge on any atom is -0.307 e. The smallest absolute Gasteiger partial charge is 0.0705 e. The highest BCUT2D eigenvalue weighted by Gasteiger charge is 1.98. The van der Waals surface area contributed by atoms with Crippen molar-refractivity contribution in [3.63, 3.8) is 0 Å². The van der Waals surface area contributed by atoms with Crippen LogP contribution in [-0.4, -0.2) is 4.98 Å². The van der Waals surface area contributed by atoms with Crippen molar-refractivity contribution in [3.05, 3.63) is 76.9 Å². The summed E-state index contributed by atoms with van der Waals surface area (Å²) in [6.07, 6.45) is 0. The van der Waals surface area contributed by atoms with Gasteiger partial charge < -0.3 is 5.32 Å². The zero-order valence-corrected chi connectivity index (χ0v) is 11.8. The Morgan fingerprint density at radius 3 is 2.50 bits per heavy atom. The lowest BCUT2D eigenvalue weighted by Gasteiger charge is -2.06. The van der Waals surface area contributed by atoms with Gasteiger partial charge in [-0.1, -0.05) is 48.0 Å². The molecule has 0 fully saturated rings. The van der Waals surface area contributed by atoms with Crippen LogP contribution in [0.15, 0.2) is 60.7 Å². The maximum absolute atomic E-state index is 5.87. The van der Waals surface area contributed by atoms with E-state index in [1.54, 1.807) is 0 Å². The fourth-order valence-electron chi connectivity index (χ4n) is 2.14. The molecule has 0 unspecified atom stereocenters. The molecule has 0 aliphatic rings. The van der Waals surface area contributed by atoms with Crippen LogP contribution in [0, 0.1) is 0 Å². The summed E-state index contributed by atoms with van der Waals surface area (Å²) in [6.45, 7) is 1.57. The van der Waals surface area contributed by atoms with Gasteiger partial charge in [-0.05, 0) is 29.8 Å². The van der Waals surface area contributed by atoms with Crippen LogP contribution in [-0.2, 0) is 13.1 Å². The number of pyridine rings is 1. The fraction of sp³-hybridized carbons (Fsp3) is 0.118. The van der Waals surface area contributed by atoms with Crippen LogP contribution in [0.3, 0.4) is 0 Å². The molecule has 0 aliphatic carbocycles. The summed E-state index contributed by atoms with van der Waals surface area (Å²) in [4.78, 5) is 4.64. The van der Waals surface area contributed by atoms with E-state index in [9.17, 15) is 0 Å². The van der Waals surface area contributed by atoms with Gasteiger partial charge in [0.1, 0.15) is 0 Å². The zero-order chi connectivity index (χ0) is 13.8. The molecule has 1 aromatic heterocycles. The van der Waals surface area contributed by atoms with Crippen molar-refractivity contribution in [2.45, 2.75) is 13.1 Å².